The van der Waals surface area contributed by atoms with Crippen LogP contribution in [0.4, 0.5) is 5.69 Å². The molecule has 0 radical (unpaired) electrons. The van der Waals surface area contributed by atoms with Crippen molar-refractivity contribution in [1.29, 1.82) is 0 Å². The van der Waals surface area contributed by atoms with Crippen molar-refractivity contribution in [2.45, 2.75) is 0 Å². The fourth-order valence-electron chi connectivity index (χ4n) is 3.15. The third-order valence-electron chi connectivity index (χ3n) is 4.61. The molecule has 0 unspecified atom stereocenters. The molecule has 2 aromatic carbocycles. The summed E-state index contributed by atoms with van der Waals surface area (Å²) in [5.74, 6) is 4.60. The maximum atomic E-state index is 11.5. The maximum Gasteiger partial charge on any atom is 0.150 e. The van der Waals surface area contributed by atoms with E-state index in [1.165, 1.54) is 0 Å². The number of hydrazine groups is 1. The lowest BCUT2D eigenvalue weighted by molar-refractivity contribution is 0.112. The Bertz CT molecular complexity index is 1130. The summed E-state index contributed by atoms with van der Waals surface area (Å²) < 4.78 is 0. The van der Waals surface area contributed by atoms with Crippen molar-refractivity contribution in [2.24, 2.45) is 5.84 Å². The van der Waals surface area contributed by atoms with Gasteiger partial charge in [-0.05, 0) is 42.4 Å². The Hall–Kier alpha value is -3.65. The van der Waals surface area contributed by atoms with Crippen molar-refractivity contribution in [1.82, 2.24) is 15.4 Å². The molecular formula is C24H25N5O2. The Morgan fingerprint density at radius 2 is 1.61 bits per heavy atom. The van der Waals surface area contributed by atoms with E-state index in [1.54, 1.807) is 25.5 Å². The first-order valence-corrected chi connectivity index (χ1v) is 9.83. The number of rotatable bonds is 6. The van der Waals surface area contributed by atoms with E-state index in [1.807, 2.05) is 54.6 Å². The van der Waals surface area contributed by atoms with Gasteiger partial charge in [0.25, 0.3) is 0 Å². The number of benzene rings is 2. The molecule has 31 heavy (non-hydrogen) atoms. The van der Waals surface area contributed by atoms with Gasteiger partial charge in [-0.15, -0.1) is 0 Å². The molecule has 0 amide bonds. The zero-order valence-corrected chi connectivity index (χ0v) is 17.2. The van der Waals surface area contributed by atoms with Crippen LogP contribution in [0.2, 0.25) is 0 Å². The topological polar surface area (TPSA) is 113 Å². The summed E-state index contributed by atoms with van der Waals surface area (Å²) >= 11 is 0. The van der Waals surface area contributed by atoms with Crippen LogP contribution in [0.5, 0.6) is 0 Å². The molecule has 0 spiro atoms. The number of pyridine rings is 2. The molecule has 158 valence electrons. The smallest absolute Gasteiger partial charge is 0.150 e. The van der Waals surface area contributed by atoms with E-state index >= 15 is 0 Å². The number of hydrogen-bond acceptors (Lipinski definition) is 7. The molecule has 5 N–H and O–H groups in total. The van der Waals surface area contributed by atoms with Gasteiger partial charge in [-0.1, -0.05) is 36.4 Å². The molecule has 0 atom stereocenters. The molecule has 0 saturated carbocycles. The Balaban J connectivity index is 0.000000858. The fraction of sp³-hybridized carbons (Fsp3) is 0.125. The highest BCUT2D eigenvalue weighted by Gasteiger charge is 2.08. The zero-order chi connectivity index (χ0) is 22.1. The first-order valence-electron chi connectivity index (χ1n) is 9.83. The normalized spacial score (nSPS) is 10.3. The Labute approximate surface area is 180 Å². The SMILES string of the molecule is CNN.O=Cc1cc(-c2ccc(-c3ccc(NCCO)cc3)cc2)nc2ccncc12. The quantitative estimate of drug-likeness (QED) is 0.217. The van der Waals surface area contributed by atoms with E-state index in [-0.39, 0.29) is 6.61 Å². The number of aldehydes is 1. The number of aromatic nitrogens is 2. The van der Waals surface area contributed by atoms with Gasteiger partial charge in [0.1, 0.15) is 0 Å². The molecule has 4 aromatic rings. The third-order valence-corrected chi connectivity index (χ3v) is 4.61. The van der Waals surface area contributed by atoms with Crippen LogP contribution < -0.4 is 16.6 Å². The van der Waals surface area contributed by atoms with Crippen molar-refractivity contribution in [3.05, 3.63) is 78.6 Å². The highest BCUT2D eigenvalue weighted by Crippen LogP contribution is 2.27. The molecule has 0 bridgehead atoms. The number of hydrogen-bond donors (Lipinski definition) is 4. The standard InChI is InChI=1S/C23H19N3O2.CH6N2/c27-12-11-25-20-7-5-17(6-8-20)16-1-3-18(4-2-16)23-13-19(15-28)21-14-24-10-9-22(21)26-23;1-3-2/h1-10,13-15,25,27H,11-12H2;3H,2H2,1H3. The average molecular weight is 415 g/mol. The Kier molecular flexibility index (Phi) is 7.78. The molecule has 7 heteroatoms. The van der Waals surface area contributed by atoms with Gasteiger partial charge in [0, 0.05) is 41.1 Å². The molecule has 0 saturated heterocycles. The highest BCUT2D eigenvalue weighted by atomic mass is 16.3. The molecular weight excluding hydrogens is 390 g/mol. The third kappa shape index (κ3) is 5.49. The average Bonchev–Trinajstić information content (AvgIpc) is 2.83. The van der Waals surface area contributed by atoms with Gasteiger partial charge in [-0.3, -0.25) is 21.0 Å². The summed E-state index contributed by atoms with van der Waals surface area (Å²) in [7, 11) is 1.65. The summed E-state index contributed by atoms with van der Waals surface area (Å²) in [5.41, 5.74) is 8.48. The van der Waals surface area contributed by atoms with Gasteiger partial charge in [-0.25, -0.2) is 4.98 Å². The zero-order valence-electron chi connectivity index (χ0n) is 17.2. The minimum absolute atomic E-state index is 0.106. The van der Waals surface area contributed by atoms with Crippen LogP contribution in [0.15, 0.2) is 73.1 Å². The Morgan fingerprint density at radius 1 is 1.00 bits per heavy atom. The number of anilines is 1. The predicted molar refractivity (Wildman–Crippen MR) is 125 cm³/mol. The largest absolute Gasteiger partial charge is 0.395 e. The number of carbonyl (C=O) groups excluding carboxylic acids is 1. The first kappa shape index (κ1) is 22.0. The molecule has 2 aromatic heterocycles. The second-order valence-electron chi connectivity index (χ2n) is 6.70. The van der Waals surface area contributed by atoms with Crippen LogP contribution in [0.25, 0.3) is 33.3 Å². The number of nitrogens with zero attached hydrogens (tertiary/aromatic N) is 2. The van der Waals surface area contributed by atoms with Gasteiger partial charge in [0.15, 0.2) is 6.29 Å². The lowest BCUT2D eigenvalue weighted by atomic mass is 10.0. The van der Waals surface area contributed by atoms with Gasteiger partial charge in [0.05, 0.1) is 17.8 Å². The van der Waals surface area contributed by atoms with Crippen molar-refractivity contribution in [3.8, 4) is 22.4 Å². The van der Waals surface area contributed by atoms with E-state index in [9.17, 15) is 4.79 Å². The van der Waals surface area contributed by atoms with Crippen molar-refractivity contribution in [2.75, 3.05) is 25.5 Å². The van der Waals surface area contributed by atoms with E-state index < -0.39 is 0 Å². The molecule has 4 rings (SSSR count). The number of aliphatic hydroxyl groups excluding tert-OH is 1. The number of aliphatic hydroxyl groups is 1. The maximum absolute atomic E-state index is 11.5. The summed E-state index contributed by atoms with van der Waals surface area (Å²) in [5, 5.41) is 12.8. The minimum Gasteiger partial charge on any atom is -0.395 e. The first-order chi connectivity index (χ1) is 15.2. The van der Waals surface area contributed by atoms with Crippen LogP contribution in [-0.4, -0.2) is 41.6 Å². The number of nitrogens with two attached hydrogens (primary N) is 1. The van der Waals surface area contributed by atoms with Gasteiger partial charge in [0.2, 0.25) is 0 Å². The summed E-state index contributed by atoms with van der Waals surface area (Å²) in [4.78, 5) is 20.2. The van der Waals surface area contributed by atoms with Crippen LogP contribution in [0.1, 0.15) is 10.4 Å². The van der Waals surface area contributed by atoms with E-state index in [0.717, 1.165) is 45.3 Å². The lowest BCUT2D eigenvalue weighted by Gasteiger charge is -2.08. The van der Waals surface area contributed by atoms with E-state index in [2.05, 4.69) is 26.6 Å². The van der Waals surface area contributed by atoms with Gasteiger partial charge >= 0.3 is 0 Å². The molecule has 0 fully saturated rings. The number of carbonyl (C=O) groups is 1. The van der Waals surface area contributed by atoms with Crippen molar-refractivity contribution in [3.63, 3.8) is 0 Å². The molecule has 0 aliphatic rings. The summed E-state index contributed by atoms with van der Waals surface area (Å²) in [6.45, 7) is 0.639. The number of fused-ring (bicyclic) bond motifs is 1. The van der Waals surface area contributed by atoms with Crippen LogP contribution in [0, 0.1) is 0 Å². The summed E-state index contributed by atoms with van der Waals surface area (Å²) in [6, 6.07) is 19.8. The van der Waals surface area contributed by atoms with Gasteiger partial charge < -0.3 is 10.4 Å². The van der Waals surface area contributed by atoms with E-state index in [0.29, 0.717) is 12.1 Å². The highest BCUT2D eigenvalue weighted by molar-refractivity contribution is 5.97. The predicted octanol–water partition coefficient (Wildman–Crippen LogP) is 3.26. The lowest BCUT2D eigenvalue weighted by Crippen LogP contribution is -2.13. The second kappa shape index (κ2) is 10.9. The van der Waals surface area contributed by atoms with Crippen molar-refractivity contribution >= 4 is 22.9 Å². The van der Waals surface area contributed by atoms with Crippen LogP contribution in [0.3, 0.4) is 0 Å². The van der Waals surface area contributed by atoms with Crippen LogP contribution >= 0.6 is 0 Å². The summed E-state index contributed by atoms with van der Waals surface area (Å²) in [6.07, 6.45) is 4.18. The second-order valence-corrected chi connectivity index (χ2v) is 6.70. The molecule has 0 aliphatic carbocycles. The Morgan fingerprint density at radius 3 is 2.23 bits per heavy atom. The molecule has 0 aliphatic heterocycles. The van der Waals surface area contributed by atoms with Crippen molar-refractivity contribution < 1.29 is 9.90 Å². The number of nitrogens with one attached hydrogen (secondary N) is 2. The monoisotopic (exact) mass is 415 g/mol. The van der Waals surface area contributed by atoms with E-state index in [4.69, 9.17) is 5.11 Å². The molecule has 7 nitrogen and oxygen atoms in total. The minimum atomic E-state index is 0.106. The van der Waals surface area contributed by atoms with Gasteiger partial charge in [-0.2, -0.15) is 0 Å². The van der Waals surface area contributed by atoms with Crippen LogP contribution in [-0.2, 0) is 0 Å². The molecule has 2 heterocycles. The fourth-order valence-corrected chi connectivity index (χ4v) is 3.15.